The summed E-state index contributed by atoms with van der Waals surface area (Å²) in [7, 11) is 0. The summed E-state index contributed by atoms with van der Waals surface area (Å²) in [5.41, 5.74) is -0.255. The molecule has 0 saturated heterocycles. The van der Waals surface area contributed by atoms with Crippen molar-refractivity contribution in [3.8, 4) is 0 Å². The third kappa shape index (κ3) is 7.28. The molecule has 1 atom stereocenters. The van der Waals surface area contributed by atoms with Crippen molar-refractivity contribution in [2.45, 2.75) is 86.2 Å². The first-order chi connectivity index (χ1) is 9.02. The smallest absolute Gasteiger partial charge is 0.240 e. The standard InChI is InChI=1S/C17H36N2O/c1-9-10-16(6,7)12-18-17(8,11-13(2)3)15(20)19-14(4)5/h13-14,18H,9-12H2,1-8H3,(H,19,20). The molecule has 0 saturated carbocycles. The van der Waals surface area contributed by atoms with E-state index in [2.05, 4.69) is 45.3 Å². The number of rotatable bonds is 9. The number of carbonyl (C=O) groups excluding carboxylic acids is 1. The number of carbonyl (C=O) groups is 1. The van der Waals surface area contributed by atoms with E-state index in [0.717, 1.165) is 13.0 Å². The molecule has 20 heavy (non-hydrogen) atoms. The zero-order valence-corrected chi connectivity index (χ0v) is 14.9. The van der Waals surface area contributed by atoms with Crippen LogP contribution in [0.5, 0.6) is 0 Å². The molecular formula is C17H36N2O. The molecule has 3 nitrogen and oxygen atoms in total. The molecule has 0 aromatic carbocycles. The minimum absolute atomic E-state index is 0.119. The highest BCUT2D eigenvalue weighted by molar-refractivity contribution is 5.86. The van der Waals surface area contributed by atoms with Crippen LogP contribution >= 0.6 is 0 Å². The summed E-state index contributed by atoms with van der Waals surface area (Å²) >= 11 is 0. The van der Waals surface area contributed by atoms with E-state index in [4.69, 9.17) is 0 Å². The van der Waals surface area contributed by atoms with E-state index in [-0.39, 0.29) is 17.4 Å². The lowest BCUT2D eigenvalue weighted by Crippen LogP contribution is -2.58. The van der Waals surface area contributed by atoms with Gasteiger partial charge in [0.15, 0.2) is 0 Å². The van der Waals surface area contributed by atoms with Gasteiger partial charge in [-0.1, -0.05) is 41.0 Å². The van der Waals surface area contributed by atoms with Gasteiger partial charge in [0, 0.05) is 12.6 Å². The molecule has 0 fully saturated rings. The molecule has 2 N–H and O–H groups in total. The molecule has 0 aliphatic rings. The fourth-order valence-electron chi connectivity index (χ4n) is 2.68. The second kappa shape index (κ2) is 8.02. The molecule has 0 rings (SSSR count). The van der Waals surface area contributed by atoms with Crippen LogP contribution in [0.15, 0.2) is 0 Å². The summed E-state index contributed by atoms with van der Waals surface area (Å²) in [6.07, 6.45) is 3.20. The predicted octanol–water partition coefficient (Wildman–Crippen LogP) is 3.73. The lowest BCUT2D eigenvalue weighted by atomic mass is 9.84. The van der Waals surface area contributed by atoms with Crippen LogP contribution < -0.4 is 10.6 Å². The Bertz CT molecular complexity index is 297. The Morgan fingerprint density at radius 1 is 1.10 bits per heavy atom. The van der Waals surface area contributed by atoms with Gasteiger partial charge < -0.3 is 10.6 Å². The van der Waals surface area contributed by atoms with Crippen LogP contribution in [0.4, 0.5) is 0 Å². The van der Waals surface area contributed by atoms with Gasteiger partial charge in [-0.3, -0.25) is 4.79 Å². The molecule has 120 valence electrons. The van der Waals surface area contributed by atoms with Gasteiger partial charge in [0.05, 0.1) is 5.54 Å². The predicted molar refractivity (Wildman–Crippen MR) is 87.8 cm³/mol. The zero-order valence-electron chi connectivity index (χ0n) is 14.9. The van der Waals surface area contributed by atoms with E-state index in [1.807, 2.05) is 20.8 Å². The molecule has 0 radical (unpaired) electrons. The Hall–Kier alpha value is -0.570. The highest BCUT2D eigenvalue weighted by Gasteiger charge is 2.35. The highest BCUT2D eigenvalue weighted by Crippen LogP contribution is 2.24. The lowest BCUT2D eigenvalue weighted by Gasteiger charge is -2.36. The van der Waals surface area contributed by atoms with Gasteiger partial charge in [0.25, 0.3) is 0 Å². The minimum atomic E-state index is -0.483. The lowest BCUT2D eigenvalue weighted by molar-refractivity contribution is -0.128. The summed E-state index contributed by atoms with van der Waals surface area (Å²) in [5.74, 6) is 0.605. The Labute approximate surface area is 126 Å². The first-order valence-corrected chi connectivity index (χ1v) is 8.08. The van der Waals surface area contributed by atoms with E-state index < -0.39 is 5.54 Å². The fourth-order valence-corrected chi connectivity index (χ4v) is 2.68. The third-order valence-electron chi connectivity index (χ3n) is 3.62. The average molecular weight is 284 g/mol. The van der Waals surface area contributed by atoms with Gasteiger partial charge in [-0.05, 0) is 44.9 Å². The topological polar surface area (TPSA) is 41.1 Å². The van der Waals surface area contributed by atoms with Crippen LogP contribution in [0.3, 0.4) is 0 Å². The van der Waals surface area contributed by atoms with Gasteiger partial charge in [-0.2, -0.15) is 0 Å². The zero-order chi connectivity index (χ0) is 16.0. The summed E-state index contributed by atoms with van der Waals surface area (Å²) in [6.45, 7) is 18.0. The van der Waals surface area contributed by atoms with Gasteiger partial charge in [-0.25, -0.2) is 0 Å². The molecule has 0 aliphatic heterocycles. The summed E-state index contributed by atoms with van der Waals surface area (Å²) in [4.78, 5) is 12.5. The van der Waals surface area contributed by atoms with Crippen molar-refractivity contribution < 1.29 is 4.79 Å². The normalized spacial score (nSPS) is 15.5. The van der Waals surface area contributed by atoms with E-state index >= 15 is 0 Å². The minimum Gasteiger partial charge on any atom is -0.352 e. The Morgan fingerprint density at radius 2 is 1.65 bits per heavy atom. The van der Waals surface area contributed by atoms with Gasteiger partial charge in [-0.15, -0.1) is 0 Å². The first kappa shape index (κ1) is 19.4. The van der Waals surface area contributed by atoms with Crippen molar-refractivity contribution in [2.24, 2.45) is 11.3 Å². The monoisotopic (exact) mass is 284 g/mol. The molecule has 0 spiro atoms. The van der Waals surface area contributed by atoms with Gasteiger partial charge in [0.2, 0.25) is 5.91 Å². The van der Waals surface area contributed by atoms with E-state index in [0.29, 0.717) is 5.92 Å². The summed E-state index contributed by atoms with van der Waals surface area (Å²) in [5, 5.41) is 6.60. The first-order valence-electron chi connectivity index (χ1n) is 8.08. The quantitative estimate of drug-likeness (QED) is 0.677. The van der Waals surface area contributed by atoms with Crippen molar-refractivity contribution >= 4 is 5.91 Å². The second-order valence-electron chi connectivity index (χ2n) is 7.83. The Morgan fingerprint density at radius 3 is 2.05 bits per heavy atom. The number of amides is 1. The number of hydrogen-bond acceptors (Lipinski definition) is 2. The van der Waals surface area contributed by atoms with E-state index in [9.17, 15) is 4.79 Å². The number of nitrogens with one attached hydrogen (secondary N) is 2. The molecular weight excluding hydrogens is 248 g/mol. The molecule has 0 aromatic heterocycles. The molecule has 1 amide bonds. The number of hydrogen-bond donors (Lipinski definition) is 2. The summed E-state index contributed by atoms with van der Waals surface area (Å²) in [6, 6.07) is 0.180. The molecule has 0 aliphatic carbocycles. The molecule has 0 aromatic rings. The average Bonchev–Trinajstić information content (AvgIpc) is 2.24. The van der Waals surface area contributed by atoms with Gasteiger partial charge >= 0.3 is 0 Å². The van der Waals surface area contributed by atoms with Crippen LogP contribution in [0.1, 0.15) is 74.7 Å². The third-order valence-corrected chi connectivity index (χ3v) is 3.62. The Balaban J connectivity index is 4.82. The molecule has 0 bridgehead atoms. The van der Waals surface area contributed by atoms with Crippen LogP contribution in [0, 0.1) is 11.3 Å². The maximum atomic E-state index is 12.5. The summed E-state index contributed by atoms with van der Waals surface area (Å²) < 4.78 is 0. The van der Waals surface area contributed by atoms with Gasteiger partial charge in [0.1, 0.15) is 0 Å². The highest BCUT2D eigenvalue weighted by atomic mass is 16.2. The van der Waals surface area contributed by atoms with Crippen LogP contribution in [-0.4, -0.2) is 24.0 Å². The van der Waals surface area contributed by atoms with Crippen LogP contribution in [-0.2, 0) is 4.79 Å². The van der Waals surface area contributed by atoms with Crippen LogP contribution in [0.25, 0.3) is 0 Å². The maximum Gasteiger partial charge on any atom is 0.240 e. The van der Waals surface area contributed by atoms with E-state index in [1.165, 1.54) is 12.8 Å². The molecule has 3 heteroatoms. The largest absolute Gasteiger partial charge is 0.352 e. The molecule has 0 heterocycles. The fraction of sp³-hybridized carbons (Fsp3) is 0.941. The van der Waals surface area contributed by atoms with E-state index in [1.54, 1.807) is 0 Å². The van der Waals surface area contributed by atoms with Crippen molar-refractivity contribution in [3.63, 3.8) is 0 Å². The maximum absolute atomic E-state index is 12.5. The van der Waals surface area contributed by atoms with Crippen molar-refractivity contribution in [1.82, 2.24) is 10.6 Å². The van der Waals surface area contributed by atoms with Crippen LogP contribution in [0.2, 0.25) is 0 Å². The molecule has 1 unspecified atom stereocenters. The van der Waals surface area contributed by atoms with Crippen molar-refractivity contribution in [1.29, 1.82) is 0 Å². The van der Waals surface area contributed by atoms with Crippen molar-refractivity contribution in [2.75, 3.05) is 6.54 Å². The Kier molecular flexibility index (Phi) is 7.79. The van der Waals surface area contributed by atoms with Crippen molar-refractivity contribution in [3.05, 3.63) is 0 Å². The SMILES string of the molecule is CCCC(C)(C)CNC(C)(CC(C)C)C(=O)NC(C)C. The second-order valence-corrected chi connectivity index (χ2v) is 7.83.